The average Bonchev–Trinajstić information content (AvgIpc) is 2.09. The summed E-state index contributed by atoms with van der Waals surface area (Å²) in [5, 5.41) is 0. The molecule has 0 radical (unpaired) electrons. The summed E-state index contributed by atoms with van der Waals surface area (Å²) in [6.07, 6.45) is 6.05. The van der Waals surface area contributed by atoms with Crippen molar-refractivity contribution in [2.75, 3.05) is 13.7 Å². The highest BCUT2D eigenvalue weighted by atomic mass is 16.5. The number of methoxy groups -OCH3 is 1. The van der Waals surface area contributed by atoms with Gasteiger partial charge in [-0.2, -0.15) is 0 Å². The summed E-state index contributed by atoms with van der Waals surface area (Å²) in [5.74, 6) is 0.624. The fraction of sp³-hybridized carbons (Fsp3) is 1.00. The number of hydrogen-bond donors (Lipinski definition) is 2. The van der Waals surface area contributed by atoms with Crippen LogP contribution in [0, 0.1) is 5.92 Å². The predicted octanol–water partition coefficient (Wildman–Crippen LogP) is 0.868. The Morgan fingerprint density at radius 1 is 1.38 bits per heavy atom. The molecular weight excluding hydrogens is 164 g/mol. The van der Waals surface area contributed by atoms with Crippen molar-refractivity contribution in [1.82, 2.24) is 0 Å². The maximum absolute atomic E-state index is 6.03. The normalized spacial score (nSPS) is 31.6. The molecule has 4 N–H and O–H groups in total. The molecule has 0 heterocycles. The summed E-state index contributed by atoms with van der Waals surface area (Å²) in [4.78, 5) is 0. The van der Waals surface area contributed by atoms with Gasteiger partial charge in [-0.3, -0.25) is 0 Å². The van der Waals surface area contributed by atoms with Crippen molar-refractivity contribution in [3.05, 3.63) is 0 Å². The van der Waals surface area contributed by atoms with Crippen LogP contribution in [-0.4, -0.2) is 25.8 Å². The minimum atomic E-state index is 0.166. The molecule has 0 aromatic heterocycles. The first-order chi connectivity index (χ1) is 6.24. The SMILES string of the molecule is COCC(N)C[C@@H]1CCCC[C@@H]1N. The smallest absolute Gasteiger partial charge is 0.0613 e. The number of ether oxygens (including phenoxy) is 1. The molecule has 3 nitrogen and oxygen atoms in total. The lowest BCUT2D eigenvalue weighted by Crippen LogP contribution is -2.38. The zero-order valence-corrected chi connectivity index (χ0v) is 8.54. The van der Waals surface area contributed by atoms with Crippen LogP contribution in [0.15, 0.2) is 0 Å². The monoisotopic (exact) mass is 186 g/mol. The van der Waals surface area contributed by atoms with E-state index in [9.17, 15) is 0 Å². The Kier molecular flexibility index (Phi) is 4.70. The lowest BCUT2D eigenvalue weighted by Gasteiger charge is -2.30. The van der Waals surface area contributed by atoms with Crippen LogP contribution in [0.4, 0.5) is 0 Å². The summed E-state index contributed by atoms with van der Waals surface area (Å²) >= 11 is 0. The van der Waals surface area contributed by atoms with E-state index >= 15 is 0 Å². The summed E-state index contributed by atoms with van der Waals surface area (Å²) in [5.41, 5.74) is 11.9. The molecule has 1 rings (SSSR count). The van der Waals surface area contributed by atoms with E-state index in [1.54, 1.807) is 7.11 Å². The van der Waals surface area contributed by atoms with Crippen molar-refractivity contribution < 1.29 is 4.74 Å². The van der Waals surface area contributed by atoms with Gasteiger partial charge in [0, 0.05) is 19.2 Å². The van der Waals surface area contributed by atoms with Crippen LogP contribution in [0.25, 0.3) is 0 Å². The van der Waals surface area contributed by atoms with Crippen LogP contribution in [0.3, 0.4) is 0 Å². The van der Waals surface area contributed by atoms with E-state index in [4.69, 9.17) is 16.2 Å². The fourth-order valence-electron chi connectivity index (χ4n) is 2.20. The summed E-state index contributed by atoms with van der Waals surface area (Å²) < 4.78 is 5.01. The van der Waals surface area contributed by atoms with Gasteiger partial charge in [0.2, 0.25) is 0 Å². The Balaban J connectivity index is 2.25. The van der Waals surface area contributed by atoms with Crippen LogP contribution >= 0.6 is 0 Å². The quantitative estimate of drug-likeness (QED) is 0.685. The molecule has 3 atom stereocenters. The maximum atomic E-state index is 6.03. The Morgan fingerprint density at radius 3 is 2.69 bits per heavy atom. The molecule has 0 saturated heterocycles. The zero-order valence-electron chi connectivity index (χ0n) is 8.54. The Hall–Kier alpha value is -0.120. The van der Waals surface area contributed by atoms with Gasteiger partial charge in [-0.25, -0.2) is 0 Å². The summed E-state index contributed by atoms with van der Waals surface area (Å²) in [7, 11) is 1.70. The zero-order chi connectivity index (χ0) is 9.68. The summed E-state index contributed by atoms with van der Waals surface area (Å²) in [6.45, 7) is 0.656. The minimum absolute atomic E-state index is 0.166. The topological polar surface area (TPSA) is 61.3 Å². The van der Waals surface area contributed by atoms with Crippen molar-refractivity contribution in [3.63, 3.8) is 0 Å². The highest BCUT2D eigenvalue weighted by molar-refractivity contribution is 4.80. The Bertz CT molecular complexity index is 141. The van der Waals surface area contributed by atoms with E-state index in [0.29, 0.717) is 18.6 Å². The highest BCUT2D eigenvalue weighted by Crippen LogP contribution is 2.26. The van der Waals surface area contributed by atoms with Crippen LogP contribution in [-0.2, 0) is 4.74 Å². The number of rotatable bonds is 4. The van der Waals surface area contributed by atoms with Gasteiger partial charge in [-0.1, -0.05) is 12.8 Å². The van der Waals surface area contributed by atoms with Gasteiger partial charge in [0.05, 0.1) is 6.61 Å². The van der Waals surface area contributed by atoms with Crippen LogP contribution in [0.5, 0.6) is 0 Å². The lowest BCUT2D eigenvalue weighted by atomic mass is 9.81. The largest absolute Gasteiger partial charge is 0.383 e. The first-order valence-electron chi connectivity index (χ1n) is 5.24. The van der Waals surface area contributed by atoms with Crippen LogP contribution < -0.4 is 11.5 Å². The van der Waals surface area contributed by atoms with E-state index in [-0.39, 0.29) is 6.04 Å². The maximum Gasteiger partial charge on any atom is 0.0613 e. The molecule has 1 saturated carbocycles. The molecule has 1 aliphatic rings. The molecule has 0 bridgehead atoms. The second-order valence-electron chi connectivity index (χ2n) is 4.16. The van der Waals surface area contributed by atoms with Gasteiger partial charge in [0.25, 0.3) is 0 Å². The van der Waals surface area contributed by atoms with E-state index in [2.05, 4.69) is 0 Å². The lowest BCUT2D eigenvalue weighted by molar-refractivity contribution is 0.159. The third-order valence-electron chi connectivity index (χ3n) is 2.95. The van der Waals surface area contributed by atoms with E-state index in [1.807, 2.05) is 0 Å². The van der Waals surface area contributed by atoms with Gasteiger partial charge in [-0.15, -0.1) is 0 Å². The molecule has 13 heavy (non-hydrogen) atoms. The molecule has 0 aromatic rings. The minimum Gasteiger partial charge on any atom is -0.383 e. The second-order valence-corrected chi connectivity index (χ2v) is 4.16. The molecule has 0 aliphatic heterocycles. The van der Waals surface area contributed by atoms with Crippen molar-refractivity contribution in [2.45, 2.75) is 44.2 Å². The Labute approximate surface area is 80.8 Å². The third kappa shape index (κ3) is 3.63. The fourth-order valence-corrected chi connectivity index (χ4v) is 2.20. The van der Waals surface area contributed by atoms with Crippen molar-refractivity contribution in [2.24, 2.45) is 17.4 Å². The molecule has 78 valence electrons. The van der Waals surface area contributed by atoms with Crippen molar-refractivity contribution in [1.29, 1.82) is 0 Å². The molecule has 1 unspecified atom stereocenters. The molecule has 1 fully saturated rings. The standard InChI is InChI=1S/C10H22N2O/c1-13-7-9(11)6-8-4-2-3-5-10(8)12/h8-10H,2-7,11-12H2,1H3/t8-,9?,10-/m0/s1. The van der Waals surface area contributed by atoms with Gasteiger partial charge >= 0.3 is 0 Å². The average molecular weight is 186 g/mol. The van der Waals surface area contributed by atoms with Crippen molar-refractivity contribution in [3.8, 4) is 0 Å². The molecule has 0 aromatic carbocycles. The first-order valence-corrected chi connectivity index (χ1v) is 5.24. The van der Waals surface area contributed by atoms with Gasteiger partial charge in [-0.05, 0) is 25.2 Å². The van der Waals surface area contributed by atoms with Gasteiger partial charge in [0.15, 0.2) is 0 Å². The predicted molar refractivity (Wildman–Crippen MR) is 54.4 cm³/mol. The van der Waals surface area contributed by atoms with Gasteiger partial charge in [0.1, 0.15) is 0 Å². The highest BCUT2D eigenvalue weighted by Gasteiger charge is 2.23. The molecule has 1 aliphatic carbocycles. The molecule has 0 spiro atoms. The van der Waals surface area contributed by atoms with E-state index in [1.165, 1.54) is 25.7 Å². The third-order valence-corrected chi connectivity index (χ3v) is 2.95. The van der Waals surface area contributed by atoms with E-state index in [0.717, 1.165) is 6.42 Å². The molecule has 0 amide bonds. The number of nitrogens with two attached hydrogens (primary N) is 2. The molecular formula is C10H22N2O. The van der Waals surface area contributed by atoms with Crippen LogP contribution in [0.1, 0.15) is 32.1 Å². The summed E-state index contributed by atoms with van der Waals surface area (Å²) in [6, 6.07) is 0.538. The van der Waals surface area contributed by atoms with Crippen molar-refractivity contribution >= 4 is 0 Å². The molecule has 3 heteroatoms. The van der Waals surface area contributed by atoms with Gasteiger partial charge < -0.3 is 16.2 Å². The van der Waals surface area contributed by atoms with E-state index < -0.39 is 0 Å². The first kappa shape index (κ1) is 11.0. The van der Waals surface area contributed by atoms with Crippen LogP contribution in [0.2, 0.25) is 0 Å². The second kappa shape index (κ2) is 5.58. The Morgan fingerprint density at radius 2 is 2.08 bits per heavy atom. The number of hydrogen-bond acceptors (Lipinski definition) is 3.